The summed E-state index contributed by atoms with van der Waals surface area (Å²) < 4.78 is 28.6. The molecule has 2 heterocycles. The maximum Gasteiger partial charge on any atom is 0.226 e. The van der Waals surface area contributed by atoms with Gasteiger partial charge in [-0.25, -0.2) is 13.5 Å². The molecule has 1 aliphatic rings. The van der Waals surface area contributed by atoms with Gasteiger partial charge in [0.1, 0.15) is 17.3 Å². The number of benzene rings is 2. The van der Waals surface area contributed by atoms with Crippen molar-refractivity contribution in [1.29, 1.82) is 0 Å². The second-order valence-electron chi connectivity index (χ2n) is 6.18. The summed E-state index contributed by atoms with van der Waals surface area (Å²) in [7, 11) is 0. The third-order valence-electron chi connectivity index (χ3n) is 4.40. The minimum absolute atomic E-state index is 0.0906. The molecule has 3 aromatic rings. The highest BCUT2D eigenvalue weighted by Gasteiger charge is 2.30. The molecule has 1 atom stereocenters. The summed E-state index contributed by atoms with van der Waals surface area (Å²) in [5, 5.41) is 6.99. The van der Waals surface area contributed by atoms with Gasteiger partial charge in [0.2, 0.25) is 5.91 Å². The Morgan fingerprint density at radius 2 is 2.04 bits per heavy atom. The summed E-state index contributed by atoms with van der Waals surface area (Å²) in [4.78, 5) is 12.2. The molecule has 0 saturated carbocycles. The maximum absolute atomic E-state index is 14.1. The number of hydrogen-bond acceptors (Lipinski definition) is 2. The molecule has 1 amide bonds. The predicted molar refractivity (Wildman–Crippen MR) is 89.7 cm³/mol. The molecule has 4 rings (SSSR count). The number of amides is 1. The summed E-state index contributed by atoms with van der Waals surface area (Å²) in [5.74, 6) is -1.29. The first-order valence-corrected chi connectivity index (χ1v) is 7.92. The second-order valence-corrected chi connectivity index (χ2v) is 6.18. The normalized spacial score (nSPS) is 16.4. The number of hydrogen-bond donors (Lipinski definition) is 1. The summed E-state index contributed by atoms with van der Waals surface area (Å²) in [6.07, 6.45) is 1.93. The maximum atomic E-state index is 14.1. The number of carbonyl (C=O) groups is 1. The van der Waals surface area contributed by atoms with Crippen molar-refractivity contribution in [3.63, 3.8) is 0 Å². The van der Waals surface area contributed by atoms with Gasteiger partial charge in [-0.1, -0.05) is 29.8 Å². The predicted octanol–water partition coefficient (Wildman–Crippen LogP) is 3.93. The fourth-order valence-electron chi connectivity index (χ4n) is 3.24. The fourth-order valence-corrected chi connectivity index (χ4v) is 3.24. The Balaban J connectivity index is 1.84. The van der Waals surface area contributed by atoms with Crippen molar-refractivity contribution >= 4 is 11.7 Å². The Morgan fingerprint density at radius 3 is 2.80 bits per heavy atom. The van der Waals surface area contributed by atoms with E-state index in [2.05, 4.69) is 10.4 Å². The van der Waals surface area contributed by atoms with Crippen LogP contribution < -0.4 is 5.32 Å². The molecule has 0 saturated heterocycles. The van der Waals surface area contributed by atoms with Gasteiger partial charge >= 0.3 is 0 Å². The van der Waals surface area contributed by atoms with E-state index in [0.29, 0.717) is 12.2 Å². The van der Waals surface area contributed by atoms with E-state index in [1.54, 1.807) is 6.20 Å². The molecule has 6 heteroatoms. The van der Waals surface area contributed by atoms with Crippen LogP contribution in [0.5, 0.6) is 0 Å². The van der Waals surface area contributed by atoms with Crippen molar-refractivity contribution in [2.75, 3.05) is 5.32 Å². The van der Waals surface area contributed by atoms with Gasteiger partial charge < -0.3 is 5.32 Å². The second kappa shape index (κ2) is 5.81. The summed E-state index contributed by atoms with van der Waals surface area (Å²) >= 11 is 0. The molecular formula is C19H15F2N3O. The lowest BCUT2D eigenvalue weighted by Gasteiger charge is -2.24. The van der Waals surface area contributed by atoms with Crippen LogP contribution >= 0.6 is 0 Å². The van der Waals surface area contributed by atoms with Crippen molar-refractivity contribution in [1.82, 2.24) is 9.78 Å². The number of nitrogens with one attached hydrogen (secondary N) is 1. The highest BCUT2D eigenvalue weighted by atomic mass is 19.1. The first-order valence-electron chi connectivity index (χ1n) is 7.92. The Labute approximate surface area is 143 Å². The summed E-state index contributed by atoms with van der Waals surface area (Å²) in [6, 6.07) is 11.2. The molecule has 1 N–H and O–H groups in total. The van der Waals surface area contributed by atoms with Crippen LogP contribution in [0, 0.1) is 18.6 Å². The standard InChI is InChI=1S/C19H15F2N3O/c1-11-3-2-4-12(7-11)14-9-18(25)23-19-15(14)10-22-24(19)17-6-5-13(20)8-16(17)21/h2-8,10,14H,9H2,1H3,(H,23,25). The van der Waals surface area contributed by atoms with Crippen molar-refractivity contribution in [3.8, 4) is 5.69 Å². The van der Waals surface area contributed by atoms with Crippen LogP contribution in [0.4, 0.5) is 14.6 Å². The quantitative estimate of drug-likeness (QED) is 0.769. The number of aromatic nitrogens is 2. The molecule has 2 aromatic carbocycles. The van der Waals surface area contributed by atoms with E-state index in [1.165, 1.54) is 10.7 Å². The zero-order valence-corrected chi connectivity index (χ0v) is 13.5. The van der Waals surface area contributed by atoms with Gasteiger partial charge in [0.15, 0.2) is 5.82 Å². The van der Waals surface area contributed by atoms with Gasteiger partial charge in [-0.05, 0) is 24.6 Å². The first-order chi connectivity index (χ1) is 12.0. The van der Waals surface area contributed by atoms with Gasteiger partial charge in [0, 0.05) is 24.0 Å². The fraction of sp³-hybridized carbons (Fsp3) is 0.158. The monoisotopic (exact) mass is 339 g/mol. The van der Waals surface area contributed by atoms with Gasteiger partial charge in [0.25, 0.3) is 0 Å². The number of carbonyl (C=O) groups excluding carboxylic acids is 1. The van der Waals surface area contributed by atoms with Crippen molar-refractivity contribution in [2.24, 2.45) is 0 Å². The van der Waals surface area contributed by atoms with E-state index >= 15 is 0 Å². The molecule has 25 heavy (non-hydrogen) atoms. The molecule has 0 spiro atoms. The van der Waals surface area contributed by atoms with Crippen molar-refractivity contribution in [2.45, 2.75) is 19.3 Å². The van der Waals surface area contributed by atoms with E-state index in [9.17, 15) is 13.6 Å². The number of anilines is 1. The summed E-state index contributed by atoms with van der Waals surface area (Å²) in [5.41, 5.74) is 3.01. The molecule has 1 aliphatic heterocycles. The molecule has 126 valence electrons. The number of aryl methyl sites for hydroxylation is 1. The summed E-state index contributed by atoms with van der Waals surface area (Å²) in [6.45, 7) is 1.99. The van der Waals surface area contributed by atoms with Crippen LogP contribution in [0.15, 0.2) is 48.7 Å². The van der Waals surface area contributed by atoms with Crippen LogP contribution in [0.2, 0.25) is 0 Å². The van der Waals surface area contributed by atoms with Gasteiger partial charge in [0.05, 0.1) is 6.20 Å². The van der Waals surface area contributed by atoms with Crippen LogP contribution in [0.25, 0.3) is 5.69 Å². The minimum Gasteiger partial charge on any atom is -0.310 e. The van der Waals surface area contributed by atoms with Crippen LogP contribution in [0.1, 0.15) is 29.0 Å². The molecule has 0 radical (unpaired) electrons. The SMILES string of the molecule is Cc1cccc(C2CC(=O)Nc3c2cnn3-c2ccc(F)cc2F)c1. The average molecular weight is 339 g/mol. The lowest BCUT2D eigenvalue weighted by Crippen LogP contribution is -2.24. The first kappa shape index (κ1) is 15.5. The van der Waals surface area contributed by atoms with Crippen LogP contribution in [0.3, 0.4) is 0 Å². The van der Waals surface area contributed by atoms with Crippen LogP contribution in [-0.4, -0.2) is 15.7 Å². The highest BCUT2D eigenvalue weighted by Crippen LogP contribution is 2.38. The van der Waals surface area contributed by atoms with E-state index in [-0.39, 0.29) is 17.5 Å². The lowest BCUT2D eigenvalue weighted by atomic mass is 9.87. The van der Waals surface area contributed by atoms with Gasteiger partial charge in [-0.3, -0.25) is 4.79 Å². The Morgan fingerprint density at radius 1 is 1.20 bits per heavy atom. The van der Waals surface area contributed by atoms with E-state index in [1.807, 2.05) is 31.2 Å². The Hall–Kier alpha value is -3.02. The van der Waals surface area contributed by atoms with Gasteiger partial charge in [-0.2, -0.15) is 5.10 Å². The number of nitrogens with zero attached hydrogens (tertiary/aromatic N) is 2. The van der Waals surface area contributed by atoms with Crippen molar-refractivity contribution in [3.05, 3.63) is 77.0 Å². The Kier molecular flexibility index (Phi) is 3.60. The van der Waals surface area contributed by atoms with Crippen molar-refractivity contribution < 1.29 is 13.6 Å². The Bertz CT molecular complexity index is 981. The average Bonchev–Trinajstić information content (AvgIpc) is 2.97. The molecule has 0 fully saturated rings. The molecular weight excluding hydrogens is 324 g/mol. The molecule has 1 unspecified atom stereocenters. The van der Waals surface area contributed by atoms with E-state index in [0.717, 1.165) is 28.8 Å². The number of rotatable bonds is 2. The molecule has 1 aromatic heterocycles. The number of fused-ring (bicyclic) bond motifs is 1. The number of halogens is 2. The van der Waals surface area contributed by atoms with E-state index < -0.39 is 11.6 Å². The zero-order valence-electron chi connectivity index (χ0n) is 13.5. The highest BCUT2D eigenvalue weighted by molar-refractivity contribution is 5.94. The van der Waals surface area contributed by atoms with E-state index in [4.69, 9.17) is 0 Å². The smallest absolute Gasteiger partial charge is 0.226 e. The topological polar surface area (TPSA) is 46.9 Å². The molecule has 0 bridgehead atoms. The minimum atomic E-state index is -0.738. The molecule has 4 nitrogen and oxygen atoms in total. The van der Waals surface area contributed by atoms with Crippen LogP contribution in [-0.2, 0) is 4.79 Å². The zero-order chi connectivity index (χ0) is 17.6. The third kappa shape index (κ3) is 2.69. The van der Waals surface area contributed by atoms with Gasteiger partial charge in [-0.15, -0.1) is 0 Å². The molecule has 0 aliphatic carbocycles. The third-order valence-corrected chi connectivity index (χ3v) is 4.40. The largest absolute Gasteiger partial charge is 0.310 e. The lowest BCUT2D eigenvalue weighted by molar-refractivity contribution is -0.116.